The van der Waals surface area contributed by atoms with E-state index in [4.69, 9.17) is 5.11 Å². The van der Waals surface area contributed by atoms with Crippen LogP contribution in [0.15, 0.2) is 12.1 Å². The second-order valence-corrected chi connectivity index (χ2v) is 4.68. The fraction of sp³-hybridized carbons (Fsp3) is 0.583. The zero-order valence-corrected chi connectivity index (χ0v) is 9.96. The summed E-state index contributed by atoms with van der Waals surface area (Å²) in [5, 5.41) is 12.3. The van der Waals surface area contributed by atoms with Crippen LogP contribution in [0.1, 0.15) is 39.0 Å². The second kappa shape index (κ2) is 4.62. The van der Waals surface area contributed by atoms with Gasteiger partial charge in [-0.05, 0) is 24.6 Å². The Morgan fingerprint density at radius 2 is 2.00 bits per heavy atom. The van der Waals surface area contributed by atoms with Crippen molar-refractivity contribution in [2.45, 2.75) is 39.7 Å². The van der Waals surface area contributed by atoms with Crippen molar-refractivity contribution in [1.29, 1.82) is 0 Å². The predicted octanol–water partition coefficient (Wildman–Crippen LogP) is 2.30. The van der Waals surface area contributed by atoms with Gasteiger partial charge < -0.3 is 10.4 Å². The van der Waals surface area contributed by atoms with E-state index in [1.165, 1.54) is 0 Å². The van der Waals surface area contributed by atoms with Gasteiger partial charge >= 0.3 is 0 Å². The number of rotatable bonds is 3. The summed E-state index contributed by atoms with van der Waals surface area (Å²) in [7, 11) is 0. The molecule has 1 aromatic heterocycles. The van der Waals surface area contributed by atoms with E-state index in [0.29, 0.717) is 0 Å². The van der Waals surface area contributed by atoms with Crippen LogP contribution in [0.3, 0.4) is 0 Å². The number of nitrogens with one attached hydrogen (secondary N) is 1. The smallest absolute Gasteiger partial charge is 0.126 e. The Morgan fingerprint density at radius 3 is 2.47 bits per heavy atom. The summed E-state index contributed by atoms with van der Waals surface area (Å²) in [4.78, 5) is 4.52. The third-order valence-electron chi connectivity index (χ3n) is 2.19. The van der Waals surface area contributed by atoms with Gasteiger partial charge in [0.25, 0.3) is 0 Å². The summed E-state index contributed by atoms with van der Waals surface area (Å²) in [5.41, 5.74) is 1.92. The molecule has 15 heavy (non-hydrogen) atoms. The first-order valence-corrected chi connectivity index (χ1v) is 5.33. The Balaban J connectivity index is 3.11. The summed E-state index contributed by atoms with van der Waals surface area (Å²) in [6.07, 6.45) is 0. The third-order valence-corrected chi connectivity index (χ3v) is 2.19. The van der Waals surface area contributed by atoms with Crippen molar-refractivity contribution < 1.29 is 5.11 Å². The maximum absolute atomic E-state index is 9.16. The summed E-state index contributed by atoms with van der Waals surface area (Å²) < 4.78 is 0. The summed E-state index contributed by atoms with van der Waals surface area (Å²) in [5.74, 6) is 0.842. The predicted molar refractivity (Wildman–Crippen MR) is 63.0 cm³/mol. The molecule has 1 aromatic rings. The lowest BCUT2D eigenvalue weighted by Gasteiger charge is -2.19. The molecule has 0 bridgehead atoms. The molecular weight excluding hydrogens is 188 g/mol. The van der Waals surface area contributed by atoms with Gasteiger partial charge in [0.1, 0.15) is 5.82 Å². The van der Waals surface area contributed by atoms with E-state index >= 15 is 0 Å². The van der Waals surface area contributed by atoms with Crippen LogP contribution in [0.2, 0.25) is 0 Å². The average molecular weight is 208 g/mol. The van der Waals surface area contributed by atoms with E-state index < -0.39 is 0 Å². The average Bonchev–Trinajstić information content (AvgIpc) is 2.16. The first kappa shape index (κ1) is 12.0. The van der Waals surface area contributed by atoms with E-state index in [0.717, 1.165) is 23.6 Å². The zero-order valence-electron chi connectivity index (χ0n) is 9.96. The van der Waals surface area contributed by atoms with Crippen LogP contribution >= 0.6 is 0 Å². The Morgan fingerprint density at radius 1 is 1.33 bits per heavy atom. The molecule has 3 nitrogen and oxygen atoms in total. The Kier molecular flexibility index (Phi) is 3.69. The summed E-state index contributed by atoms with van der Waals surface area (Å²) >= 11 is 0. The Bertz CT molecular complexity index is 329. The number of aromatic nitrogens is 1. The van der Waals surface area contributed by atoms with Crippen molar-refractivity contribution in [1.82, 2.24) is 4.98 Å². The minimum atomic E-state index is 0.00928. The number of pyridine rings is 1. The first-order valence-electron chi connectivity index (χ1n) is 5.33. The molecule has 0 fully saturated rings. The lowest BCUT2D eigenvalue weighted by atomic mass is 9.91. The highest BCUT2D eigenvalue weighted by molar-refractivity contribution is 5.40. The number of nitrogens with zero attached hydrogens (tertiary/aromatic N) is 1. The maximum atomic E-state index is 9.16. The van der Waals surface area contributed by atoms with Crippen LogP contribution in [0.25, 0.3) is 0 Å². The molecule has 1 rings (SSSR count). The maximum Gasteiger partial charge on any atom is 0.126 e. The molecule has 0 aliphatic rings. The number of hydrogen-bond acceptors (Lipinski definition) is 3. The standard InChI is InChI=1S/C12H20N2O/c1-5-13-11-7-9(8-15)6-10(14-11)12(2,3)4/h6-7,15H,5,8H2,1-4H3,(H,13,14). The topological polar surface area (TPSA) is 45.1 Å². The second-order valence-electron chi connectivity index (χ2n) is 4.68. The quantitative estimate of drug-likeness (QED) is 0.801. The van der Waals surface area contributed by atoms with Crippen LogP contribution in [-0.2, 0) is 12.0 Å². The molecule has 0 spiro atoms. The van der Waals surface area contributed by atoms with Crippen LogP contribution in [-0.4, -0.2) is 16.6 Å². The molecule has 0 aliphatic heterocycles. The third kappa shape index (κ3) is 3.20. The molecule has 1 heterocycles. The van der Waals surface area contributed by atoms with Crippen molar-refractivity contribution in [3.05, 3.63) is 23.4 Å². The van der Waals surface area contributed by atoms with E-state index in [1.807, 2.05) is 19.1 Å². The van der Waals surface area contributed by atoms with Gasteiger partial charge in [-0.25, -0.2) is 4.98 Å². The summed E-state index contributed by atoms with van der Waals surface area (Å²) in [6.45, 7) is 9.28. The highest BCUT2D eigenvalue weighted by atomic mass is 16.3. The van der Waals surface area contributed by atoms with Crippen LogP contribution in [0.4, 0.5) is 5.82 Å². The normalized spacial score (nSPS) is 11.5. The number of hydrogen-bond donors (Lipinski definition) is 2. The molecule has 0 aromatic carbocycles. The SMILES string of the molecule is CCNc1cc(CO)cc(C(C)(C)C)n1. The minimum absolute atomic E-state index is 0.00928. The molecule has 0 saturated carbocycles. The van der Waals surface area contributed by atoms with Crippen molar-refractivity contribution in [3.8, 4) is 0 Å². The molecule has 3 heteroatoms. The van der Waals surface area contributed by atoms with Gasteiger partial charge in [-0.1, -0.05) is 20.8 Å². The highest BCUT2D eigenvalue weighted by Gasteiger charge is 2.16. The van der Waals surface area contributed by atoms with Crippen molar-refractivity contribution in [2.75, 3.05) is 11.9 Å². The van der Waals surface area contributed by atoms with E-state index in [9.17, 15) is 0 Å². The molecule has 2 N–H and O–H groups in total. The molecule has 0 unspecified atom stereocenters. The fourth-order valence-corrected chi connectivity index (χ4v) is 1.33. The van der Waals surface area contributed by atoms with Gasteiger partial charge in [0, 0.05) is 17.7 Å². The van der Waals surface area contributed by atoms with Crippen molar-refractivity contribution in [3.63, 3.8) is 0 Å². The van der Waals surface area contributed by atoms with E-state index in [2.05, 4.69) is 31.1 Å². The highest BCUT2D eigenvalue weighted by Crippen LogP contribution is 2.23. The summed E-state index contributed by atoms with van der Waals surface area (Å²) in [6, 6.07) is 3.85. The van der Waals surface area contributed by atoms with E-state index in [-0.39, 0.29) is 12.0 Å². The largest absolute Gasteiger partial charge is 0.392 e. The van der Waals surface area contributed by atoms with Crippen molar-refractivity contribution in [2.24, 2.45) is 0 Å². The number of aliphatic hydroxyl groups excluding tert-OH is 1. The van der Waals surface area contributed by atoms with Crippen molar-refractivity contribution >= 4 is 5.82 Å². The van der Waals surface area contributed by atoms with Gasteiger partial charge in [-0.15, -0.1) is 0 Å². The Labute approximate surface area is 91.5 Å². The van der Waals surface area contributed by atoms with Crippen LogP contribution in [0.5, 0.6) is 0 Å². The lowest BCUT2D eigenvalue weighted by Crippen LogP contribution is -2.15. The Hall–Kier alpha value is -1.09. The molecular formula is C12H20N2O. The van der Waals surface area contributed by atoms with Gasteiger partial charge in [0.2, 0.25) is 0 Å². The van der Waals surface area contributed by atoms with E-state index in [1.54, 1.807) is 0 Å². The van der Waals surface area contributed by atoms with Gasteiger partial charge in [0.05, 0.1) is 6.61 Å². The zero-order chi connectivity index (χ0) is 11.5. The van der Waals surface area contributed by atoms with Gasteiger partial charge in [-0.2, -0.15) is 0 Å². The molecule has 0 aliphatic carbocycles. The fourth-order valence-electron chi connectivity index (χ4n) is 1.33. The monoisotopic (exact) mass is 208 g/mol. The van der Waals surface area contributed by atoms with Gasteiger partial charge in [0.15, 0.2) is 0 Å². The molecule has 0 saturated heterocycles. The lowest BCUT2D eigenvalue weighted by molar-refractivity contribution is 0.281. The molecule has 0 radical (unpaired) electrons. The molecule has 0 amide bonds. The van der Waals surface area contributed by atoms with Crippen LogP contribution < -0.4 is 5.32 Å². The molecule has 0 atom stereocenters. The number of anilines is 1. The van der Waals surface area contributed by atoms with Crippen LogP contribution in [0, 0.1) is 0 Å². The first-order chi connectivity index (χ1) is 6.97. The number of aliphatic hydroxyl groups is 1. The minimum Gasteiger partial charge on any atom is -0.392 e. The van der Waals surface area contributed by atoms with Gasteiger partial charge in [-0.3, -0.25) is 0 Å². The molecule has 84 valence electrons.